The zero-order chi connectivity index (χ0) is 19.3. The molecule has 1 fully saturated rings. The van der Waals surface area contributed by atoms with Gasteiger partial charge in [0, 0.05) is 32.0 Å². The Morgan fingerprint density at radius 1 is 0.731 bits per heavy atom. The van der Waals surface area contributed by atoms with Crippen LogP contribution in [0.2, 0.25) is 0 Å². The molecule has 0 spiro atoms. The normalized spacial score (nSPS) is 17.2. The predicted molar refractivity (Wildman–Crippen MR) is 87.5 cm³/mol. The molecule has 0 aliphatic carbocycles. The van der Waals surface area contributed by atoms with E-state index >= 15 is 0 Å². The topological polar surface area (TPSA) is 130 Å². The summed E-state index contributed by atoms with van der Waals surface area (Å²) in [6, 6.07) is 6.84. The van der Waals surface area contributed by atoms with E-state index in [9.17, 15) is 28.8 Å². The minimum absolute atomic E-state index is 0.148. The summed E-state index contributed by atoms with van der Waals surface area (Å²) in [5.41, 5.74) is 1.01. The van der Waals surface area contributed by atoms with E-state index < -0.39 is 0 Å². The number of hydrogen-bond donors (Lipinski definition) is 2. The van der Waals surface area contributed by atoms with E-state index in [2.05, 4.69) is 5.32 Å². The molecule has 6 amide bonds. The van der Waals surface area contributed by atoms with Gasteiger partial charge in [0.15, 0.2) is 0 Å². The lowest BCUT2D eigenvalue weighted by atomic mass is 10.1. The summed E-state index contributed by atoms with van der Waals surface area (Å²) >= 11 is 0. The van der Waals surface area contributed by atoms with E-state index in [1.165, 1.54) is 19.2 Å². The first-order valence-electron chi connectivity index (χ1n) is 7.56. The lowest BCUT2D eigenvalue weighted by Crippen LogP contribution is -2.24. The molecule has 9 heteroatoms. The SMILES string of the molecule is CN1C(=O)c2ccccc2C1=O.O=C1C=CC(=O)N1.O=C1CCC(=O)N1. The van der Waals surface area contributed by atoms with E-state index in [4.69, 9.17) is 0 Å². The van der Waals surface area contributed by atoms with Crippen LogP contribution in [0.4, 0.5) is 0 Å². The van der Waals surface area contributed by atoms with Crippen molar-refractivity contribution in [1.82, 2.24) is 15.5 Å². The van der Waals surface area contributed by atoms with Crippen LogP contribution < -0.4 is 10.6 Å². The highest BCUT2D eigenvalue weighted by molar-refractivity contribution is 6.21. The van der Waals surface area contributed by atoms with Crippen molar-refractivity contribution >= 4 is 35.4 Å². The molecule has 1 aromatic rings. The molecule has 1 aromatic carbocycles. The molecule has 0 atom stereocenters. The molecular weight excluding hydrogens is 342 g/mol. The van der Waals surface area contributed by atoms with Gasteiger partial charge in [-0.1, -0.05) is 12.1 Å². The minimum Gasteiger partial charge on any atom is -0.296 e. The zero-order valence-electron chi connectivity index (χ0n) is 13.8. The molecule has 0 radical (unpaired) electrons. The maximum Gasteiger partial charge on any atom is 0.261 e. The second-order valence-corrected chi connectivity index (χ2v) is 5.37. The van der Waals surface area contributed by atoms with Crippen molar-refractivity contribution in [2.24, 2.45) is 0 Å². The Morgan fingerprint density at radius 2 is 1.15 bits per heavy atom. The largest absolute Gasteiger partial charge is 0.296 e. The zero-order valence-corrected chi connectivity index (χ0v) is 13.8. The molecule has 0 unspecified atom stereocenters. The number of carbonyl (C=O) groups is 6. The molecule has 3 aliphatic rings. The van der Waals surface area contributed by atoms with Gasteiger partial charge in [0.25, 0.3) is 23.6 Å². The van der Waals surface area contributed by atoms with Gasteiger partial charge in [-0.15, -0.1) is 0 Å². The summed E-state index contributed by atoms with van der Waals surface area (Å²) in [6.45, 7) is 0. The van der Waals surface area contributed by atoms with E-state index in [-0.39, 0.29) is 35.4 Å². The molecular formula is C17H15N3O6. The van der Waals surface area contributed by atoms with Crippen LogP contribution in [-0.2, 0) is 19.2 Å². The molecule has 134 valence electrons. The number of nitrogens with one attached hydrogen (secondary N) is 2. The summed E-state index contributed by atoms with van der Waals surface area (Å²) in [6.07, 6.45) is 3.14. The number of amides is 6. The van der Waals surface area contributed by atoms with Gasteiger partial charge in [0.1, 0.15) is 0 Å². The number of hydrogen-bond acceptors (Lipinski definition) is 6. The molecule has 0 bridgehead atoms. The first kappa shape index (κ1) is 18.7. The van der Waals surface area contributed by atoms with Crippen LogP contribution in [0.5, 0.6) is 0 Å². The third-order valence-electron chi connectivity index (χ3n) is 3.49. The Labute approximate surface area is 148 Å². The van der Waals surface area contributed by atoms with Crippen LogP contribution in [0.25, 0.3) is 0 Å². The monoisotopic (exact) mass is 357 g/mol. The Kier molecular flexibility index (Phi) is 5.74. The van der Waals surface area contributed by atoms with E-state index in [1.807, 2.05) is 5.32 Å². The molecule has 3 heterocycles. The fraction of sp³-hybridized carbons (Fsp3) is 0.176. The predicted octanol–water partition coefficient (Wildman–Crippen LogP) is -0.466. The van der Waals surface area contributed by atoms with Crippen LogP contribution in [0.3, 0.4) is 0 Å². The van der Waals surface area contributed by atoms with Crippen molar-refractivity contribution < 1.29 is 28.8 Å². The summed E-state index contributed by atoms with van der Waals surface area (Å²) in [4.78, 5) is 64.1. The molecule has 9 nitrogen and oxygen atoms in total. The van der Waals surface area contributed by atoms with Crippen molar-refractivity contribution in [3.05, 3.63) is 47.5 Å². The average Bonchev–Trinajstić information content (AvgIpc) is 3.25. The van der Waals surface area contributed by atoms with Crippen molar-refractivity contribution in [1.29, 1.82) is 0 Å². The first-order chi connectivity index (χ1) is 12.3. The summed E-state index contributed by atoms with van der Waals surface area (Å²) in [7, 11) is 1.49. The summed E-state index contributed by atoms with van der Waals surface area (Å²) in [5.74, 6) is -1.38. The van der Waals surface area contributed by atoms with Gasteiger partial charge in [0.2, 0.25) is 11.8 Å². The number of fused-ring (bicyclic) bond motifs is 1. The van der Waals surface area contributed by atoms with Gasteiger partial charge >= 0.3 is 0 Å². The fourth-order valence-corrected chi connectivity index (χ4v) is 2.17. The minimum atomic E-state index is -0.329. The summed E-state index contributed by atoms with van der Waals surface area (Å²) in [5, 5.41) is 4.17. The van der Waals surface area contributed by atoms with Crippen molar-refractivity contribution in [2.75, 3.05) is 7.05 Å². The third-order valence-corrected chi connectivity index (χ3v) is 3.49. The van der Waals surface area contributed by atoms with Crippen molar-refractivity contribution in [3.63, 3.8) is 0 Å². The summed E-state index contributed by atoms with van der Waals surface area (Å²) < 4.78 is 0. The number of imide groups is 3. The van der Waals surface area contributed by atoms with E-state index in [0.29, 0.717) is 24.0 Å². The Balaban J connectivity index is 0.000000150. The Bertz CT molecular complexity index is 778. The van der Waals surface area contributed by atoms with Gasteiger partial charge < -0.3 is 0 Å². The highest BCUT2D eigenvalue weighted by Gasteiger charge is 2.31. The lowest BCUT2D eigenvalue weighted by molar-refractivity contribution is -0.125. The van der Waals surface area contributed by atoms with Crippen molar-refractivity contribution in [2.45, 2.75) is 12.8 Å². The number of carbonyl (C=O) groups excluding carboxylic acids is 6. The second-order valence-electron chi connectivity index (χ2n) is 5.37. The maximum absolute atomic E-state index is 11.3. The van der Waals surface area contributed by atoms with E-state index in [1.54, 1.807) is 24.3 Å². The van der Waals surface area contributed by atoms with Crippen LogP contribution >= 0.6 is 0 Å². The van der Waals surface area contributed by atoms with Crippen LogP contribution in [0.1, 0.15) is 33.6 Å². The van der Waals surface area contributed by atoms with Crippen LogP contribution in [0, 0.1) is 0 Å². The highest BCUT2D eigenvalue weighted by atomic mass is 16.2. The molecule has 0 aromatic heterocycles. The van der Waals surface area contributed by atoms with Gasteiger partial charge in [-0.25, -0.2) is 0 Å². The Morgan fingerprint density at radius 3 is 1.42 bits per heavy atom. The molecule has 26 heavy (non-hydrogen) atoms. The Hall–Kier alpha value is -3.62. The molecule has 3 aliphatic heterocycles. The van der Waals surface area contributed by atoms with Crippen molar-refractivity contribution in [3.8, 4) is 0 Å². The first-order valence-corrected chi connectivity index (χ1v) is 7.56. The average molecular weight is 357 g/mol. The third kappa shape index (κ3) is 4.47. The molecule has 1 saturated heterocycles. The maximum atomic E-state index is 11.3. The highest BCUT2D eigenvalue weighted by Crippen LogP contribution is 2.20. The van der Waals surface area contributed by atoms with Gasteiger partial charge in [-0.2, -0.15) is 0 Å². The standard InChI is InChI=1S/C9H7NO2.C4H5NO2.C4H3NO2/c1-10-8(11)6-4-2-3-5-7(6)9(10)12;2*6-3-1-2-4(7)5-3/h2-5H,1H3;1-2H2,(H,5,6,7);1-2H,(H,5,6,7). The lowest BCUT2D eigenvalue weighted by Gasteiger charge is -2.02. The molecule has 0 saturated carbocycles. The fourth-order valence-electron chi connectivity index (χ4n) is 2.17. The number of benzene rings is 1. The number of rotatable bonds is 0. The molecule has 4 rings (SSSR count). The number of nitrogens with zero attached hydrogens (tertiary/aromatic N) is 1. The quantitative estimate of drug-likeness (QED) is 0.604. The van der Waals surface area contributed by atoms with Crippen LogP contribution in [0.15, 0.2) is 36.4 Å². The van der Waals surface area contributed by atoms with Gasteiger partial charge in [-0.05, 0) is 12.1 Å². The smallest absolute Gasteiger partial charge is 0.261 e. The van der Waals surface area contributed by atoms with Crippen LogP contribution in [-0.4, -0.2) is 47.4 Å². The second kappa shape index (κ2) is 7.97. The van der Waals surface area contributed by atoms with Gasteiger partial charge in [-0.3, -0.25) is 44.3 Å². The molecule has 2 N–H and O–H groups in total. The van der Waals surface area contributed by atoms with Gasteiger partial charge in [0.05, 0.1) is 11.1 Å². The van der Waals surface area contributed by atoms with E-state index in [0.717, 1.165) is 4.90 Å².